The zero-order valence-electron chi connectivity index (χ0n) is 13.8. The van der Waals surface area contributed by atoms with E-state index < -0.39 is 0 Å². The lowest BCUT2D eigenvalue weighted by Crippen LogP contribution is -2.29. The Kier molecular flexibility index (Phi) is 4.63. The van der Waals surface area contributed by atoms with Gasteiger partial charge in [0.05, 0.1) is 31.5 Å². The Morgan fingerprint density at radius 2 is 2.25 bits per heavy atom. The van der Waals surface area contributed by atoms with Crippen molar-refractivity contribution in [3.8, 4) is 17.6 Å². The zero-order valence-corrected chi connectivity index (χ0v) is 13.8. The first kappa shape index (κ1) is 16.6. The number of methoxy groups -OCH3 is 1. The molecular weight excluding hydrogens is 308 g/mol. The number of benzene rings is 1. The second-order valence-corrected chi connectivity index (χ2v) is 6.58. The highest BCUT2D eigenvalue weighted by Crippen LogP contribution is 2.52. The number of nitrogens with zero attached hydrogens (tertiary/aromatic N) is 2. The molecule has 1 N–H and O–H groups in total. The van der Waals surface area contributed by atoms with Crippen LogP contribution in [-0.2, 0) is 4.79 Å². The SMILES string of the molecule is COc1cc(C#N)ccc1OCCCC(=O)N1CC(O)C2(CC2)C1. The first-order valence-electron chi connectivity index (χ1n) is 8.25. The number of hydrogen-bond acceptors (Lipinski definition) is 5. The van der Waals surface area contributed by atoms with Gasteiger partial charge in [0.2, 0.25) is 5.91 Å². The average Bonchev–Trinajstić information content (AvgIpc) is 3.30. The van der Waals surface area contributed by atoms with Crippen molar-refractivity contribution in [3.05, 3.63) is 23.8 Å². The number of nitriles is 1. The van der Waals surface area contributed by atoms with Crippen molar-refractivity contribution in [2.24, 2.45) is 5.41 Å². The minimum atomic E-state index is -0.361. The van der Waals surface area contributed by atoms with Gasteiger partial charge in [0.15, 0.2) is 11.5 Å². The van der Waals surface area contributed by atoms with Gasteiger partial charge in [-0.05, 0) is 31.4 Å². The maximum Gasteiger partial charge on any atom is 0.222 e. The summed E-state index contributed by atoms with van der Waals surface area (Å²) in [6.45, 7) is 1.55. The van der Waals surface area contributed by atoms with Crippen LogP contribution in [0.3, 0.4) is 0 Å². The lowest BCUT2D eigenvalue weighted by molar-refractivity contribution is -0.130. The molecule has 2 aliphatic rings. The minimum Gasteiger partial charge on any atom is -0.493 e. The van der Waals surface area contributed by atoms with Crippen LogP contribution in [-0.4, -0.2) is 48.8 Å². The van der Waals surface area contributed by atoms with Gasteiger partial charge in [-0.3, -0.25) is 4.79 Å². The van der Waals surface area contributed by atoms with Crippen molar-refractivity contribution >= 4 is 5.91 Å². The molecule has 1 amide bonds. The predicted octanol–water partition coefficient (Wildman–Crippen LogP) is 1.71. The highest BCUT2D eigenvalue weighted by molar-refractivity contribution is 5.76. The number of aliphatic hydroxyl groups is 1. The summed E-state index contributed by atoms with van der Waals surface area (Å²) in [4.78, 5) is 14.0. The molecule has 1 aliphatic heterocycles. The molecule has 1 aliphatic carbocycles. The largest absolute Gasteiger partial charge is 0.493 e. The summed E-state index contributed by atoms with van der Waals surface area (Å²) in [5.41, 5.74) is 0.512. The molecule has 1 heterocycles. The third-order valence-electron chi connectivity index (χ3n) is 4.94. The van der Waals surface area contributed by atoms with Crippen LogP contribution in [0.15, 0.2) is 18.2 Å². The summed E-state index contributed by atoms with van der Waals surface area (Å²) >= 11 is 0. The molecule has 0 radical (unpaired) electrons. The molecule has 2 fully saturated rings. The van der Waals surface area contributed by atoms with E-state index in [1.807, 2.05) is 0 Å². The van der Waals surface area contributed by atoms with Crippen LogP contribution in [0.1, 0.15) is 31.2 Å². The highest BCUT2D eigenvalue weighted by atomic mass is 16.5. The van der Waals surface area contributed by atoms with E-state index in [9.17, 15) is 9.90 Å². The Balaban J connectivity index is 1.44. The van der Waals surface area contributed by atoms with Gasteiger partial charge in [-0.1, -0.05) is 0 Å². The molecule has 0 bridgehead atoms. The summed E-state index contributed by atoms with van der Waals surface area (Å²) in [6, 6.07) is 7.05. The van der Waals surface area contributed by atoms with E-state index in [2.05, 4.69) is 6.07 Å². The summed E-state index contributed by atoms with van der Waals surface area (Å²) in [7, 11) is 1.53. The Hall–Kier alpha value is -2.26. The quantitative estimate of drug-likeness (QED) is 0.803. The van der Waals surface area contributed by atoms with Crippen LogP contribution >= 0.6 is 0 Å². The lowest BCUT2D eigenvalue weighted by atomic mass is 10.0. The maximum atomic E-state index is 12.2. The third-order valence-corrected chi connectivity index (χ3v) is 4.94. The number of likely N-dealkylation sites (tertiary alicyclic amines) is 1. The lowest BCUT2D eigenvalue weighted by Gasteiger charge is -2.16. The van der Waals surface area contributed by atoms with Gasteiger partial charge in [0.25, 0.3) is 0 Å². The summed E-state index contributed by atoms with van der Waals surface area (Å²) in [5.74, 6) is 1.16. The van der Waals surface area contributed by atoms with E-state index in [-0.39, 0.29) is 17.4 Å². The van der Waals surface area contributed by atoms with Crippen LogP contribution in [0.25, 0.3) is 0 Å². The van der Waals surface area contributed by atoms with E-state index in [1.165, 1.54) is 7.11 Å². The maximum absolute atomic E-state index is 12.2. The van der Waals surface area contributed by atoms with Crippen LogP contribution in [0, 0.1) is 16.7 Å². The molecule has 6 nitrogen and oxygen atoms in total. The normalized spacial score (nSPS) is 20.7. The standard InChI is InChI=1S/C18H22N2O4/c1-23-15-9-13(10-19)4-5-14(15)24-8-2-3-17(22)20-11-16(21)18(12-20)6-7-18/h4-5,9,16,21H,2-3,6-8,11-12H2,1H3. The topological polar surface area (TPSA) is 82.8 Å². The van der Waals surface area contributed by atoms with Crippen molar-refractivity contribution in [1.29, 1.82) is 5.26 Å². The molecule has 1 atom stereocenters. The second kappa shape index (κ2) is 6.70. The average molecular weight is 330 g/mol. The monoisotopic (exact) mass is 330 g/mol. The van der Waals surface area contributed by atoms with Crippen LogP contribution in [0.2, 0.25) is 0 Å². The molecule has 1 unspecified atom stereocenters. The molecule has 3 rings (SSSR count). The van der Waals surface area contributed by atoms with Gasteiger partial charge in [-0.25, -0.2) is 0 Å². The smallest absolute Gasteiger partial charge is 0.222 e. The van der Waals surface area contributed by atoms with E-state index >= 15 is 0 Å². The summed E-state index contributed by atoms with van der Waals surface area (Å²) in [6.07, 6.45) is 2.70. The van der Waals surface area contributed by atoms with Gasteiger partial charge in [0.1, 0.15) is 0 Å². The fraction of sp³-hybridized carbons (Fsp3) is 0.556. The van der Waals surface area contributed by atoms with Crippen molar-refractivity contribution in [2.45, 2.75) is 31.8 Å². The Morgan fingerprint density at radius 3 is 2.88 bits per heavy atom. The number of ether oxygens (including phenoxy) is 2. The fourth-order valence-electron chi connectivity index (χ4n) is 3.21. The van der Waals surface area contributed by atoms with E-state index in [1.54, 1.807) is 23.1 Å². The molecule has 24 heavy (non-hydrogen) atoms. The number of rotatable bonds is 6. The Labute approximate surface area is 141 Å². The number of aliphatic hydroxyl groups excluding tert-OH is 1. The number of amides is 1. The second-order valence-electron chi connectivity index (χ2n) is 6.58. The molecule has 0 aromatic heterocycles. The Bertz CT molecular complexity index is 663. The number of carbonyl (C=O) groups is 1. The Morgan fingerprint density at radius 1 is 1.46 bits per heavy atom. The third kappa shape index (κ3) is 3.31. The summed E-state index contributed by atoms with van der Waals surface area (Å²) < 4.78 is 10.9. The van der Waals surface area contributed by atoms with Crippen LogP contribution in [0.4, 0.5) is 0 Å². The van der Waals surface area contributed by atoms with Crippen molar-refractivity contribution in [2.75, 3.05) is 26.8 Å². The molecule has 128 valence electrons. The number of hydrogen-bond donors (Lipinski definition) is 1. The van der Waals surface area contributed by atoms with Crippen LogP contribution < -0.4 is 9.47 Å². The van der Waals surface area contributed by atoms with Gasteiger partial charge in [-0.15, -0.1) is 0 Å². The van der Waals surface area contributed by atoms with Gasteiger partial charge >= 0.3 is 0 Å². The first-order chi connectivity index (χ1) is 11.6. The van der Waals surface area contributed by atoms with E-state index in [4.69, 9.17) is 14.7 Å². The van der Waals surface area contributed by atoms with Crippen molar-refractivity contribution in [1.82, 2.24) is 4.90 Å². The van der Waals surface area contributed by atoms with Crippen LogP contribution in [0.5, 0.6) is 11.5 Å². The van der Waals surface area contributed by atoms with Gasteiger partial charge in [-0.2, -0.15) is 5.26 Å². The minimum absolute atomic E-state index is 0.00200. The fourth-order valence-corrected chi connectivity index (χ4v) is 3.21. The predicted molar refractivity (Wildman–Crippen MR) is 86.7 cm³/mol. The van der Waals surface area contributed by atoms with Crippen molar-refractivity contribution < 1.29 is 19.4 Å². The molecule has 1 spiro atoms. The molecule has 1 aromatic rings. The van der Waals surface area contributed by atoms with Crippen molar-refractivity contribution in [3.63, 3.8) is 0 Å². The zero-order chi connectivity index (χ0) is 17.2. The molecule has 1 saturated carbocycles. The first-order valence-corrected chi connectivity index (χ1v) is 8.25. The number of β-amino-alcohol motifs (C(OH)–C–C–N with tert-alkyl or cyclic N) is 1. The number of carbonyl (C=O) groups excluding carboxylic acids is 1. The molecular formula is C18H22N2O4. The summed E-state index contributed by atoms with van der Waals surface area (Å²) in [5, 5.41) is 18.9. The van der Waals surface area contributed by atoms with E-state index in [0.717, 1.165) is 12.8 Å². The highest BCUT2D eigenvalue weighted by Gasteiger charge is 2.55. The van der Waals surface area contributed by atoms with Gasteiger partial charge < -0.3 is 19.5 Å². The van der Waals surface area contributed by atoms with Gasteiger partial charge in [0, 0.05) is 31.0 Å². The van der Waals surface area contributed by atoms with E-state index in [0.29, 0.717) is 49.6 Å². The molecule has 6 heteroatoms. The molecule has 1 saturated heterocycles. The molecule has 1 aromatic carbocycles.